The summed E-state index contributed by atoms with van der Waals surface area (Å²) < 4.78 is 0. The maximum atomic E-state index is 12.6. The lowest BCUT2D eigenvalue weighted by Gasteiger charge is -2.18. The average Bonchev–Trinajstić information content (AvgIpc) is 3.15. The van der Waals surface area contributed by atoms with Crippen LogP contribution in [0.2, 0.25) is 0 Å². The van der Waals surface area contributed by atoms with E-state index < -0.39 is 0 Å². The summed E-state index contributed by atoms with van der Waals surface area (Å²) in [5.41, 5.74) is 1.86. The van der Waals surface area contributed by atoms with E-state index in [1.54, 1.807) is 23.7 Å². The molecule has 2 amide bonds. The van der Waals surface area contributed by atoms with Gasteiger partial charge in [-0.2, -0.15) is 11.8 Å². The maximum absolute atomic E-state index is 12.6. The topological polar surface area (TPSA) is 78.1 Å². The van der Waals surface area contributed by atoms with Gasteiger partial charge in [0, 0.05) is 20.0 Å². The Morgan fingerprint density at radius 2 is 2.29 bits per heavy atom. The highest BCUT2D eigenvalue weighted by Gasteiger charge is 2.33. The Balaban J connectivity index is 1.76. The van der Waals surface area contributed by atoms with E-state index in [1.165, 1.54) is 0 Å². The Kier molecular flexibility index (Phi) is 5.08. The number of aromatic nitrogens is 2. The number of amides is 2. The molecule has 0 unspecified atom stereocenters. The molecule has 2 N–H and O–H groups in total. The largest absolute Gasteiger partial charge is 0.346 e. The van der Waals surface area contributed by atoms with Gasteiger partial charge in [-0.3, -0.25) is 9.59 Å². The summed E-state index contributed by atoms with van der Waals surface area (Å²) in [5, 5.41) is 3.09. The molecule has 1 saturated heterocycles. The first-order chi connectivity index (χ1) is 11.6. The summed E-state index contributed by atoms with van der Waals surface area (Å²) in [5.74, 6) is 1.38. The lowest BCUT2D eigenvalue weighted by Crippen LogP contribution is -2.35. The molecule has 1 aliphatic heterocycles. The van der Waals surface area contributed by atoms with E-state index >= 15 is 0 Å². The number of benzene rings is 1. The predicted octanol–water partition coefficient (Wildman–Crippen LogP) is 1.95. The van der Waals surface area contributed by atoms with Gasteiger partial charge in [-0.25, -0.2) is 4.98 Å². The third-order valence-corrected chi connectivity index (χ3v) is 5.02. The lowest BCUT2D eigenvalue weighted by atomic mass is 10.1. The van der Waals surface area contributed by atoms with Gasteiger partial charge < -0.3 is 15.2 Å². The van der Waals surface area contributed by atoms with Crippen LogP contribution in [0.3, 0.4) is 0 Å². The van der Waals surface area contributed by atoms with E-state index in [2.05, 4.69) is 15.3 Å². The van der Waals surface area contributed by atoms with Crippen LogP contribution in [0.15, 0.2) is 24.3 Å². The van der Waals surface area contributed by atoms with Crippen LogP contribution in [0.25, 0.3) is 11.0 Å². The van der Waals surface area contributed by atoms with E-state index in [0.29, 0.717) is 6.54 Å². The first-order valence-corrected chi connectivity index (χ1v) is 9.45. The summed E-state index contributed by atoms with van der Waals surface area (Å²) in [4.78, 5) is 33.8. The van der Waals surface area contributed by atoms with Crippen molar-refractivity contribution >= 4 is 34.6 Å². The van der Waals surface area contributed by atoms with Crippen LogP contribution in [0.5, 0.6) is 0 Å². The van der Waals surface area contributed by atoms with E-state index in [-0.39, 0.29) is 30.2 Å². The highest BCUT2D eigenvalue weighted by molar-refractivity contribution is 7.98. The number of likely N-dealkylation sites (tertiary alicyclic amines) is 1. The predicted molar refractivity (Wildman–Crippen MR) is 95.7 cm³/mol. The zero-order valence-corrected chi connectivity index (χ0v) is 14.7. The Bertz CT molecular complexity index is 712. The van der Waals surface area contributed by atoms with Gasteiger partial charge in [0.25, 0.3) is 0 Å². The van der Waals surface area contributed by atoms with Gasteiger partial charge in [-0.1, -0.05) is 12.1 Å². The second-order valence-electron chi connectivity index (χ2n) is 6.16. The minimum atomic E-state index is -0.274. The Morgan fingerprint density at radius 1 is 1.50 bits per heavy atom. The Hall–Kier alpha value is -2.02. The molecule has 1 aromatic heterocycles. The molecule has 0 bridgehead atoms. The van der Waals surface area contributed by atoms with Gasteiger partial charge in [0.15, 0.2) is 0 Å². The van der Waals surface area contributed by atoms with Crippen LogP contribution in [0.4, 0.5) is 0 Å². The fourth-order valence-corrected chi connectivity index (χ4v) is 3.45. The molecule has 24 heavy (non-hydrogen) atoms. The summed E-state index contributed by atoms with van der Waals surface area (Å²) in [6, 6.07) is 7.66. The van der Waals surface area contributed by atoms with E-state index in [1.807, 2.05) is 30.5 Å². The van der Waals surface area contributed by atoms with Crippen molar-refractivity contribution in [3.05, 3.63) is 30.1 Å². The molecule has 0 spiro atoms. The summed E-state index contributed by atoms with van der Waals surface area (Å²) in [6.07, 6.45) is 3.13. The Morgan fingerprint density at radius 3 is 2.96 bits per heavy atom. The molecule has 6 nitrogen and oxygen atoms in total. The molecule has 1 aromatic carbocycles. The first kappa shape index (κ1) is 16.8. The molecule has 3 rings (SSSR count). The van der Waals surface area contributed by atoms with Gasteiger partial charge >= 0.3 is 0 Å². The lowest BCUT2D eigenvalue weighted by molar-refractivity contribution is -0.128. The zero-order chi connectivity index (χ0) is 17.1. The smallest absolute Gasteiger partial charge is 0.226 e. The van der Waals surface area contributed by atoms with Crippen LogP contribution < -0.4 is 5.32 Å². The molecular formula is C17H22N4O2S. The second kappa shape index (κ2) is 7.25. The van der Waals surface area contributed by atoms with Gasteiger partial charge in [0.1, 0.15) is 5.82 Å². The Labute approximate surface area is 145 Å². The standard InChI is InChI=1S/C17H22N4O2S/c1-21-10-11(9-15(21)22)17(23)20-14(7-8-24-2)16-18-12-5-3-4-6-13(12)19-16/h3-6,11,14H,7-10H2,1-2H3,(H,18,19)(H,20,23)/t11-,14+/m0/s1. The number of para-hydroxylation sites is 2. The normalized spacial score (nSPS) is 19.0. The van der Waals surface area contributed by atoms with Crippen molar-refractivity contribution in [3.63, 3.8) is 0 Å². The monoisotopic (exact) mass is 346 g/mol. The quantitative estimate of drug-likeness (QED) is 0.838. The number of rotatable bonds is 6. The van der Waals surface area contributed by atoms with E-state index in [9.17, 15) is 9.59 Å². The zero-order valence-electron chi connectivity index (χ0n) is 13.9. The molecular weight excluding hydrogens is 324 g/mol. The summed E-state index contributed by atoms with van der Waals surface area (Å²) >= 11 is 1.74. The number of thioether (sulfide) groups is 1. The number of hydrogen-bond donors (Lipinski definition) is 2. The van der Waals surface area contributed by atoms with E-state index in [4.69, 9.17) is 0 Å². The van der Waals surface area contributed by atoms with Gasteiger partial charge in [0.05, 0.1) is 23.0 Å². The van der Waals surface area contributed by atoms with Crippen molar-refractivity contribution in [1.82, 2.24) is 20.2 Å². The molecule has 0 saturated carbocycles. The van der Waals surface area contributed by atoms with Crippen LogP contribution in [0.1, 0.15) is 24.7 Å². The van der Waals surface area contributed by atoms with Gasteiger partial charge in [-0.15, -0.1) is 0 Å². The molecule has 1 aliphatic rings. The third-order valence-electron chi connectivity index (χ3n) is 4.38. The number of hydrogen-bond acceptors (Lipinski definition) is 4. The van der Waals surface area contributed by atoms with E-state index in [0.717, 1.165) is 29.0 Å². The molecule has 2 heterocycles. The fourth-order valence-electron chi connectivity index (χ4n) is 2.98. The summed E-state index contributed by atoms with van der Waals surface area (Å²) in [6.45, 7) is 0.486. The van der Waals surface area contributed by atoms with Gasteiger partial charge in [0.2, 0.25) is 11.8 Å². The maximum Gasteiger partial charge on any atom is 0.226 e. The van der Waals surface area contributed by atoms with Crippen molar-refractivity contribution in [2.75, 3.05) is 25.6 Å². The molecule has 128 valence electrons. The number of imidazole rings is 1. The number of nitrogens with one attached hydrogen (secondary N) is 2. The number of carbonyl (C=O) groups is 2. The van der Waals surface area contributed by atoms with Crippen molar-refractivity contribution < 1.29 is 9.59 Å². The first-order valence-electron chi connectivity index (χ1n) is 8.06. The van der Waals surface area contributed by atoms with Crippen molar-refractivity contribution in [2.45, 2.75) is 18.9 Å². The van der Waals surface area contributed by atoms with Crippen molar-refractivity contribution in [2.24, 2.45) is 5.92 Å². The van der Waals surface area contributed by atoms with Crippen LogP contribution in [-0.4, -0.2) is 52.3 Å². The number of fused-ring (bicyclic) bond motifs is 1. The summed E-state index contributed by atoms with van der Waals surface area (Å²) in [7, 11) is 1.74. The fraction of sp³-hybridized carbons (Fsp3) is 0.471. The minimum absolute atomic E-state index is 0.0274. The highest BCUT2D eigenvalue weighted by atomic mass is 32.2. The molecule has 0 aliphatic carbocycles. The van der Waals surface area contributed by atoms with Crippen molar-refractivity contribution in [1.29, 1.82) is 0 Å². The molecule has 1 fully saturated rings. The third kappa shape index (κ3) is 3.56. The number of H-pyrrole nitrogens is 1. The number of carbonyl (C=O) groups excluding carboxylic acids is 2. The van der Waals surface area contributed by atoms with Crippen LogP contribution in [0, 0.1) is 5.92 Å². The van der Waals surface area contributed by atoms with Crippen molar-refractivity contribution in [3.8, 4) is 0 Å². The van der Waals surface area contributed by atoms with Crippen LogP contribution in [-0.2, 0) is 9.59 Å². The molecule has 2 atom stereocenters. The molecule has 0 radical (unpaired) electrons. The highest BCUT2D eigenvalue weighted by Crippen LogP contribution is 2.22. The number of aromatic amines is 1. The molecule has 2 aromatic rings. The average molecular weight is 346 g/mol. The van der Waals surface area contributed by atoms with Gasteiger partial charge in [-0.05, 0) is 30.6 Å². The minimum Gasteiger partial charge on any atom is -0.346 e. The number of nitrogens with zero attached hydrogens (tertiary/aromatic N) is 2. The second-order valence-corrected chi connectivity index (χ2v) is 7.14. The SMILES string of the molecule is CSCC[C@@H](NC(=O)[C@H]1CC(=O)N(C)C1)c1nc2ccccc2[nH]1. The van der Waals surface area contributed by atoms with Crippen LogP contribution >= 0.6 is 11.8 Å². The molecule has 7 heteroatoms.